The van der Waals surface area contributed by atoms with Crippen molar-refractivity contribution in [1.29, 1.82) is 0 Å². The van der Waals surface area contributed by atoms with Crippen molar-refractivity contribution in [3.8, 4) is 5.75 Å². The van der Waals surface area contributed by atoms with Crippen molar-refractivity contribution in [2.45, 2.75) is 11.3 Å². The standard InChI is InChI=1S/C19H29N3O6S/c1-26-18-4-3-16(29(24,25)22-9-13-28-14-10-22)15-17(18)19(23)20-5-2-6-21-7-11-27-12-8-21/h3-4,15H,2,5-14H2,1H3,(H,20,23). The molecule has 2 aliphatic rings. The van der Waals surface area contributed by atoms with Gasteiger partial charge in [-0.05, 0) is 31.2 Å². The molecule has 10 heteroatoms. The van der Waals surface area contributed by atoms with Crippen LogP contribution in [0.2, 0.25) is 0 Å². The number of amides is 1. The number of nitrogens with one attached hydrogen (secondary N) is 1. The first-order chi connectivity index (χ1) is 14.0. The highest BCUT2D eigenvalue weighted by molar-refractivity contribution is 7.89. The molecular formula is C19H29N3O6S. The van der Waals surface area contributed by atoms with E-state index in [0.717, 1.165) is 39.3 Å². The normalized spacial score (nSPS) is 19.1. The molecule has 0 aromatic heterocycles. The second-order valence-corrected chi connectivity index (χ2v) is 8.88. The first-order valence-corrected chi connectivity index (χ1v) is 11.3. The summed E-state index contributed by atoms with van der Waals surface area (Å²) in [5.74, 6) is -0.000498. The zero-order valence-electron chi connectivity index (χ0n) is 16.8. The third-order valence-corrected chi connectivity index (χ3v) is 6.96. The van der Waals surface area contributed by atoms with Crippen molar-refractivity contribution in [2.24, 2.45) is 0 Å². The molecule has 1 N–H and O–H groups in total. The molecule has 2 heterocycles. The van der Waals surface area contributed by atoms with E-state index < -0.39 is 10.0 Å². The van der Waals surface area contributed by atoms with Crippen LogP contribution in [0.15, 0.2) is 23.1 Å². The lowest BCUT2D eigenvalue weighted by Gasteiger charge is -2.26. The van der Waals surface area contributed by atoms with Gasteiger partial charge in [-0.1, -0.05) is 0 Å². The monoisotopic (exact) mass is 427 g/mol. The Labute approximate surface area is 171 Å². The first-order valence-electron chi connectivity index (χ1n) is 9.86. The zero-order valence-corrected chi connectivity index (χ0v) is 17.6. The number of hydrogen-bond donors (Lipinski definition) is 1. The highest BCUT2D eigenvalue weighted by Gasteiger charge is 2.28. The summed E-state index contributed by atoms with van der Waals surface area (Å²) in [5, 5.41) is 2.87. The molecule has 2 aliphatic heterocycles. The average molecular weight is 428 g/mol. The molecular weight excluding hydrogens is 398 g/mol. The van der Waals surface area contributed by atoms with Gasteiger partial charge in [0.1, 0.15) is 5.75 Å². The molecule has 0 radical (unpaired) electrons. The van der Waals surface area contributed by atoms with Gasteiger partial charge in [-0.25, -0.2) is 8.42 Å². The molecule has 0 aliphatic carbocycles. The Balaban J connectivity index is 1.63. The second-order valence-electron chi connectivity index (χ2n) is 6.94. The number of benzene rings is 1. The average Bonchev–Trinajstić information content (AvgIpc) is 2.77. The van der Waals surface area contributed by atoms with Crippen molar-refractivity contribution >= 4 is 15.9 Å². The van der Waals surface area contributed by atoms with Crippen LogP contribution < -0.4 is 10.1 Å². The van der Waals surface area contributed by atoms with E-state index in [1.54, 1.807) is 0 Å². The molecule has 0 unspecified atom stereocenters. The molecule has 9 nitrogen and oxygen atoms in total. The predicted octanol–water partition coefficient (Wildman–Crippen LogP) is 0.168. The summed E-state index contributed by atoms with van der Waals surface area (Å²) < 4.78 is 43.0. The van der Waals surface area contributed by atoms with E-state index in [1.807, 2.05) is 0 Å². The Kier molecular flexibility index (Phi) is 7.84. The summed E-state index contributed by atoms with van der Waals surface area (Å²) in [6, 6.07) is 4.38. The van der Waals surface area contributed by atoms with Crippen LogP contribution in [-0.4, -0.2) is 96.3 Å². The molecule has 0 saturated carbocycles. The van der Waals surface area contributed by atoms with Crippen molar-refractivity contribution < 1.29 is 27.4 Å². The van der Waals surface area contributed by atoms with Crippen LogP contribution in [0.5, 0.6) is 5.75 Å². The molecule has 162 valence electrons. The van der Waals surface area contributed by atoms with Crippen LogP contribution in [0.1, 0.15) is 16.8 Å². The fraction of sp³-hybridized carbons (Fsp3) is 0.632. The van der Waals surface area contributed by atoms with Crippen molar-refractivity contribution in [3.63, 3.8) is 0 Å². The number of sulfonamides is 1. The van der Waals surface area contributed by atoms with Gasteiger partial charge >= 0.3 is 0 Å². The van der Waals surface area contributed by atoms with Crippen LogP contribution in [0.25, 0.3) is 0 Å². The molecule has 1 aromatic rings. The Morgan fingerprint density at radius 2 is 1.76 bits per heavy atom. The fourth-order valence-electron chi connectivity index (χ4n) is 3.39. The summed E-state index contributed by atoms with van der Waals surface area (Å²) in [5.41, 5.74) is 0.216. The van der Waals surface area contributed by atoms with Gasteiger partial charge < -0.3 is 19.5 Å². The molecule has 0 spiro atoms. The Morgan fingerprint density at radius 3 is 2.41 bits per heavy atom. The van der Waals surface area contributed by atoms with E-state index in [-0.39, 0.29) is 16.4 Å². The van der Waals surface area contributed by atoms with Crippen LogP contribution in [0.3, 0.4) is 0 Å². The van der Waals surface area contributed by atoms with Crippen molar-refractivity contribution in [3.05, 3.63) is 23.8 Å². The van der Waals surface area contributed by atoms with E-state index >= 15 is 0 Å². The van der Waals surface area contributed by atoms with Crippen molar-refractivity contribution in [1.82, 2.24) is 14.5 Å². The molecule has 29 heavy (non-hydrogen) atoms. The molecule has 0 atom stereocenters. The third-order valence-electron chi connectivity index (χ3n) is 5.06. The summed E-state index contributed by atoms with van der Waals surface area (Å²) in [4.78, 5) is 15.1. The molecule has 0 bridgehead atoms. The van der Waals surface area contributed by atoms with E-state index in [0.29, 0.717) is 38.6 Å². The fourth-order valence-corrected chi connectivity index (χ4v) is 4.82. The summed E-state index contributed by atoms with van der Waals surface area (Å²) in [7, 11) is -2.22. The molecule has 2 fully saturated rings. The van der Waals surface area contributed by atoms with Gasteiger partial charge in [-0.3, -0.25) is 9.69 Å². The Morgan fingerprint density at radius 1 is 1.10 bits per heavy atom. The lowest BCUT2D eigenvalue weighted by atomic mass is 10.2. The van der Waals surface area contributed by atoms with Gasteiger partial charge in [0.2, 0.25) is 10.0 Å². The van der Waals surface area contributed by atoms with E-state index in [1.165, 1.54) is 29.6 Å². The lowest BCUT2D eigenvalue weighted by Crippen LogP contribution is -2.40. The largest absolute Gasteiger partial charge is 0.496 e. The minimum absolute atomic E-state index is 0.0821. The number of hydrogen-bond acceptors (Lipinski definition) is 7. The maximum atomic E-state index is 12.9. The minimum Gasteiger partial charge on any atom is -0.496 e. The molecule has 3 rings (SSSR count). The van der Waals surface area contributed by atoms with Gasteiger partial charge in [-0.15, -0.1) is 0 Å². The summed E-state index contributed by atoms with van der Waals surface area (Å²) in [6.07, 6.45) is 0.805. The first kappa shape index (κ1) is 22.0. The summed E-state index contributed by atoms with van der Waals surface area (Å²) in [6.45, 7) is 6.02. The van der Waals surface area contributed by atoms with Crippen molar-refractivity contribution in [2.75, 3.05) is 72.8 Å². The van der Waals surface area contributed by atoms with Crippen LogP contribution >= 0.6 is 0 Å². The minimum atomic E-state index is -3.68. The van der Waals surface area contributed by atoms with E-state index in [2.05, 4.69) is 10.2 Å². The number of carbonyl (C=O) groups excluding carboxylic acids is 1. The number of nitrogens with zero attached hydrogens (tertiary/aromatic N) is 2. The predicted molar refractivity (Wildman–Crippen MR) is 107 cm³/mol. The smallest absolute Gasteiger partial charge is 0.255 e. The van der Waals surface area contributed by atoms with Crippen LogP contribution in [0.4, 0.5) is 0 Å². The highest BCUT2D eigenvalue weighted by atomic mass is 32.2. The maximum absolute atomic E-state index is 12.9. The quantitative estimate of drug-likeness (QED) is 0.591. The Hall–Kier alpha value is -1.72. The second kappa shape index (κ2) is 10.4. The van der Waals surface area contributed by atoms with Gasteiger partial charge in [-0.2, -0.15) is 4.31 Å². The van der Waals surface area contributed by atoms with E-state index in [4.69, 9.17) is 14.2 Å². The van der Waals surface area contributed by atoms with Gasteiger partial charge in [0.15, 0.2) is 0 Å². The third kappa shape index (κ3) is 5.67. The zero-order chi connectivity index (χ0) is 20.7. The number of ether oxygens (including phenoxy) is 3. The number of carbonyl (C=O) groups is 1. The maximum Gasteiger partial charge on any atom is 0.255 e. The lowest BCUT2D eigenvalue weighted by molar-refractivity contribution is 0.0374. The SMILES string of the molecule is COc1ccc(S(=O)(=O)N2CCOCC2)cc1C(=O)NCCCN1CCOCC1. The van der Waals surface area contributed by atoms with Crippen LogP contribution in [-0.2, 0) is 19.5 Å². The topological polar surface area (TPSA) is 97.4 Å². The van der Waals surface area contributed by atoms with Gasteiger partial charge in [0.25, 0.3) is 5.91 Å². The number of morpholine rings is 2. The molecule has 2 saturated heterocycles. The number of rotatable bonds is 8. The molecule has 1 amide bonds. The van der Waals surface area contributed by atoms with E-state index in [9.17, 15) is 13.2 Å². The van der Waals surface area contributed by atoms with Crippen LogP contribution in [0, 0.1) is 0 Å². The highest BCUT2D eigenvalue weighted by Crippen LogP contribution is 2.25. The molecule has 1 aromatic carbocycles. The summed E-state index contributed by atoms with van der Waals surface area (Å²) >= 11 is 0. The van der Waals surface area contributed by atoms with Gasteiger partial charge in [0.05, 0.1) is 44.0 Å². The number of methoxy groups -OCH3 is 1. The Bertz CT molecular complexity index is 789. The van der Waals surface area contributed by atoms with Gasteiger partial charge in [0, 0.05) is 32.7 Å².